The molecule has 1 aliphatic heterocycles. The molecule has 2 atom stereocenters. The second-order valence-corrected chi connectivity index (χ2v) is 7.06. The summed E-state index contributed by atoms with van der Waals surface area (Å²) in [7, 11) is 2.02. The molecule has 2 aromatic heterocycles. The van der Waals surface area contributed by atoms with Crippen LogP contribution < -0.4 is 10.6 Å². The summed E-state index contributed by atoms with van der Waals surface area (Å²) in [6.45, 7) is 2.04. The third kappa shape index (κ3) is 5.59. The third-order valence-electron chi connectivity index (χ3n) is 5.17. The average Bonchev–Trinajstić information content (AvgIpc) is 3.35. The highest BCUT2D eigenvalue weighted by atomic mass is 16.2. The van der Waals surface area contributed by atoms with E-state index in [-0.39, 0.29) is 23.9 Å². The highest BCUT2D eigenvalue weighted by molar-refractivity contribution is 5.91. The van der Waals surface area contributed by atoms with Crippen molar-refractivity contribution in [2.24, 2.45) is 0 Å². The van der Waals surface area contributed by atoms with Crippen LogP contribution in [0.25, 0.3) is 0 Å². The van der Waals surface area contributed by atoms with Crippen LogP contribution in [0, 0.1) is 0 Å². The number of amides is 2. The van der Waals surface area contributed by atoms with Gasteiger partial charge in [0.2, 0.25) is 5.91 Å². The van der Waals surface area contributed by atoms with Crippen molar-refractivity contribution in [2.75, 3.05) is 20.1 Å². The average molecular weight is 385 g/mol. The fourth-order valence-electron chi connectivity index (χ4n) is 3.49. The van der Waals surface area contributed by atoms with Crippen LogP contribution in [-0.4, -0.2) is 68.5 Å². The highest BCUT2D eigenvalue weighted by Crippen LogP contribution is 2.24. The zero-order valence-corrected chi connectivity index (χ0v) is 16.1. The fourth-order valence-corrected chi connectivity index (χ4v) is 3.49. The first-order valence-corrected chi connectivity index (χ1v) is 9.62. The molecule has 3 rings (SSSR count). The van der Waals surface area contributed by atoms with Crippen molar-refractivity contribution in [1.29, 1.82) is 0 Å². The molecule has 0 aromatic carbocycles. The van der Waals surface area contributed by atoms with E-state index in [1.54, 1.807) is 12.5 Å². The number of imidazole rings is 1. The van der Waals surface area contributed by atoms with Gasteiger partial charge in [0.25, 0.3) is 5.91 Å². The summed E-state index contributed by atoms with van der Waals surface area (Å²) < 4.78 is 2.00. The Morgan fingerprint density at radius 2 is 2.00 bits per heavy atom. The Labute approximate surface area is 164 Å². The third-order valence-corrected chi connectivity index (χ3v) is 5.17. The van der Waals surface area contributed by atoms with Crippen LogP contribution in [0.15, 0.2) is 37.3 Å². The van der Waals surface area contributed by atoms with Crippen LogP contribution in [-0.2, 0) is 11.3 Å². The molecule has 0 unspecified atom stereocenters. The molecule has 0 aliphatic carbocycles. The van der Waals surface area contributed by atoms with Crippen molar-refractivity contribution in [3.05, 3.63) is 43.0 Å². The quantitative estimate of drug-likeness (QED) is 0.608. The standard InChI is InChI=1S/C19H27N7O2/c1-25-15(11-18(27)23-5-2-9-26-10-8-21-14-26)3-4-16(25)12-24-19(28)17-13-20-6-7-22-17/h6-8,10,13-16H,2-5,9,11-12H2,1H3,(H,23,27)(H,24,28)/t15-,16+/m1/s1. The normalized spacial score (nSPS) is 19.5. The molecule has 9 nitrogen and oxygen atoms in total. The van der Waals surface area contributed by atoms with Crippen molar-refractivity contribution < 1.29 is 9.59 Å². The molecule has 2 aromatic rings. The Morgan fingerprint density at radius 1 is 1.14 bits per heavy atom. The SMILES string of the molecule is CN1[C@@H](CC(=O)NCCCn2ccnc2)CC[C@H]1CNC(=O)c1cnccn1. The lowest BCUT2D eigenvalue weighted by molar-refractivity contribution is -0.122. The molecule has 0 spiro atoms. The lowest BCUT2D eigenvalue weighted by Gasteiger charge is -2.25. The van der Waals surface area contributed by atoms with Crippen molar-refractivity contribution in [3.63, 3.8) is 0 Å². The van der Waals surface area contributed by atoms with Crippen LogP contribution in [0.3, 0.4) is 0 Å². The number of hydrogen-bond donors (Lipinski definition) is 2. The number of rotatable bonds is 9. The second-order valence-electron chi connectivity index (χ2n) is 7.06. The van der Waals surface area contributed by atoms with Gasteiger partial charge in [-0.1, -0.05) is 0 Å². The van der Waals surface area contributed by atoms with Gasteiger partial charge in [-0.25, -0.2) is 9.97 Å². The maximum atomic E-state index is 12.2. The predicted molar refractivity (Wildman–Crippen MR) is 103 cm³/mol. The van der Waals surface area contributed by atoms with Crippen molar-refractivity contribution in [1.82, 2.24) is 35.1 Å². The van der Waals surface area contributed by atoms with Gasteiger partial charge in [-0.05, 0) is 26.3 Å². The first-order valence-electron chi connectivity index (χ1n) is 9.62. The summed E-state index contributed by atoms with van der Waals surface area (Å²) in [5.74, 6) is -0.146. The molecular weight excluding hydrogens is 358 g/mol. The van der Waals surface area contributed by atoms with Gasteiger partial charge in [0.05, 0.1) is 12.5 Å². The van der Waals surface area contributed by atoms with Gasteiger partial charge >= 0.3 is 0 Å². The van der Waals surface area contributed by atoms with Crippen LogP contribution in [0.5, 0.6) is 0 Å². The number of carbonyl (C=O) groups is 2. The number of aryl methyl sites for hydroxylation is 1. The Hall–Kier alpha value is -2.81. The van der Waals surface area contributed by atoms with Gasteiger partial charge in [-0.2, -0.15) is 0 Å². The molecule has 2 N–H and O–H groups in total. The van der Waals surface area contributed by atoms with E-state index in [2.05, 4.69) is 30.5 Å². The van der Waals surface area contributed by atoms with Crippen LogP contribution >= 0.6 is 0 Å². The Morgan fingerprint density at radius 3 is 2.75 bits per heavy atom. The molecule has 150 valence electrons. The van der Waals surface area contributed by atoms with E-state index in [9.17, 15) is 9.59 Å². The maximum Gasteiger partial charge on any atom is 0.271 e. The Bertz CT molecular complexity index is 751. The summed E-state index contributed by atoms with van der Waals surface area (Å²) in [5, 5.41) is 5.90. The van der Waals surface area contributed by atoms with Crippen LogP contribution in [0.4, 0.5) is 0 Å². The summed E-state index contributed by atoms with van der Waals surface area (Å²) >= 11 is 0. The Balaban J connectivity index is 1.34. The van der Waals surface area contributed by atoms with E-state index in [0.717, 1.165) is 25.8 Å². The monoisotopic (exact) mass is 385 g/mol. The lowest BCUT2D eigenvalue weighted by Crippen LogP contribution is -2.42. The summed E-state index contributed by atoms with van der Waals surface area (Å²) in [6.07, 6.45) is 13.2. The second kappa shape index (κ2) is 9.93. The first kappa shape index (κ1) is 19.9. The van der Waals surface area contributed by atoms with E-state index in [1.165, 1.54) is 18.6 Å². The maximum absolute atomic E-state index is 12.2. The molecule has 0 bridgehead atoms. The number of nitrogens with zero attached hydrogens (tertiary/aromatic N) is 5. The molecular formula is C19H27N7O2. The molecule has 0 radical (unpaired) electrons. The van der Waals surface area contributed by atoms with Gasteiger partial charge in [0, 0.05) is 62.9 Å². The van der Waals surface area contributed by atoms with Gasteiger partial charge in [-0.3, -0.25) is 19.5 Å². The zero-order valence-electron chi connectivity index (χ0n) is 16.1. The van der Waals surface area contributed by atoms with Gasteiger partial charge in [0.15, 0.2) is 0 Å². The van der Waals surface area contributed by atoms with Gasteiger partial charge < -0.3 is 15.2 Å². The topological polar surface area (TPSA) is 105 Å². The van der Waals surface area contributed by atoms with Crippen molar-refractivity contribution in [2.45, 2.75) is 44.3 Å². The molecule has 2 amide bonds. The van der Waals surface area contributed by atoms with E-state index in [1.807, 2.05) is 17.8 Å². The van der Waals surface area contributed by atoms with Crippen molar-refractivity contribution in [3.8, 4) is 0 Å². The fraction of sp³-hybridized carbons (Fsp3) is 0.526. The smallest absolute Gasteiger partial charge is 0.271 e. The van der Waals surface area contributed by atoms with Gasteiger partial charge in [-0.15, -0.1) is 0 Å². The van der Waals surface area contributed by atoms with Gasteiger partial charge in [0.1, 0.15) is 5.69 Å². The molecule has 9 heteroatoms. The van der Waals surface area contributed by atoms with Crippen LogP contribution in [0.2, 0.25) is 0 Å². The lowest BCUT2D eigenvalue weighted by atomic mass is 10.1. The van der Waals surface area contributed by atoms with E-state index in [0.29, 0.717) is 25.2 Å². The number of hydrogen-bond acceptors (Lipinski definition) is 6. The zero-order chi connectivity index (χ0) is 19.8. The molecule has 1 fully saturated rings. The highest BCUT2D eigenvalue weighted by Gasteiger charge is 2.31. The summed E-state index contributed by atoms with van der Waals surface area (Å²) in [4.78, 5) is 38.4. The van der Waals surface area contributed by atoms with E-state index >= 15 is 0 Å². The Kier molecular flexibility index (Phi) is 7.07. The molecule has 1 saturated heterocycles. The molecule has 3 heterocycles. The van der Waals surface area contributed by atoms with E-state index < -0.39 is 0 Å². The minimum atomic E-state index is -0.222. The molecule has 0 saturated carbocycles. The number of likely N-dealkylation sites (tertiary alicyclic amines) is 1. The van der Waals surface area contributed by atoms with Crippen molar-refractivity contribution >= 4 is 11.8 Å². The number of carbonyl (C=O) groups excluding carboxylic acids is 2. The minimum absolute atomic E-state index is 0.0757. The number of likely N-dealkylation sites (N-methyl/N-ethyl adjacent to an activating group) is 1. The summed E-state index contributed by atoms with van der Waals surface area (Å²) in [5.41, 5.74) is 0.315. The predicted octanol–water partition coefficient (Wildman–Crippen LogP) is 0.462. The van der Waals surface area contributed by atoms with E-state index in [4.69, 9.17) is 0 Å². The largest absolute Gasteiger partial charge is 0.356 e. The van der Waals surface area contributed by atoms with Crippen LogP contribution in [0.1, 0.15) is 36.2 Å². The minimum Gasteiger partial charge on any atom is -0.356 e. The number of aromatic nitrogens is 4. The number of nitrogens with one attached hydrogen (secondary N) is 2. The molecule has 1 aliphatic rings. The molecule has 28 heavy (non-hydrogen) atoms. The summed E-state index contributed by atoms with van der Waals surface area (Å²) in [6, 6.07) is 0.423. The first-order chi connectivity index (χ1) is 13.6.